The van der Waals surface area contributed by atoms with E-state index >= 15 is 0 Å². The van der Waals surface area contributed by atoms with Crippen LogP contribution in [0.25, 0.3) is 6.08 Å². The van der Waals surface area contributed by atoms with Crippen molar-refractivity contribution in [2.45, 2.75) is 57.3 Å². The normalized spacial score (nSPS) is 30.5. The summed E-state index contributed by atoms with van der Waals surface area (Å²) in [6.45, 7) is 1.86. The van der Waals surface area contributed by atoms with Crippen LogP contribution in [0.2, 0.25) is 0 Å². The highest BCUT2D eigenvalue weighted by Gasteiger charge is 2.38. The molecular formula is C25H29FO5. The fourth-order valence-electron chi connectivity index (χ4n) is 4.15. The number of esters is 2. The molecule has 1 aromatic carbocycles. The number of aliphatic hydroxyl groups is 1. The monoisotopic (exact) mass is 428 g/mol. The van der Waals surface area contributed by atoms with Gasteiger partial charge in [-0.15, -0.1) is 0 Å². The van der Waals surface area contributed by atoms with Gasteiger partial charge in [-0.2, -0.15) is 0 Å². The zero-order valence-corrected chi connectivity index (χ0v) is 17.7. The summed E-state index contributed by atoms with van der Waals surface area (Å²) in [5.41, 5.74) is 0.313. The summed E-state index contributed by atoms with van der Waals surface area (Å²) in [5.74, 6) is -1.56. The number of ether oxygens (including phenoxy) is 2. The van der Waals surface area contributed by atoms with Gasteiger partial charge in [0.2, 0.25) is 0 Å². The lowest BCUT2D eigenvalue weighted by Gasteiger charge is -2.19. The summed E-state index contributed by atoms with van der Waals surface area (Å²) in [5, 5.41) is 10.6. The van der Waals surface area contributed by atoms with Gasteiger partial charge in [0.1, 0.15) is 11.9 Å². The zero-order chi connectivity index (χ0) is 22.2. The maximum atomic E-state index is 13.7. The van der Waals surface area contributed by atoms with E-state index in [0.29, 0.717) is 18.4 Å². The van der Waals surface area contributed by atoms with Crippen molar-refractivity contribution in [3.8, 4) is 0 Å². The van der Waals surface area contributed by atoms with E-state index in [1.54, 1.807) is 18.2 Å². The van der Waals surface area contributed by atoms with Crippen LogP contribution in [0.4, 0.5) is 4.39 Å². The van der Waals surface area contributed by atoms with Crippen LogP contribution in [-0.4, -0.2) is 35.4 Å². The zero-order valence-electron chi connectivity index (χ0n) is 17.7. The van der Waals surface area contributed by atoms with Gasteiger partial charge in [0, 0.05) is 17.7 Å². The number of rotatable bonds is 3. The Bertz CT molecular complexity index is 859. The Kier molecular flexibility index (Phi) is 8.18. The number of hydrogen-bond donors (Lipinski definition) is 1. The van der Waals surface area contributed by atoms with Crippen LogP contribution >= 0.6 is 0 Å². The number of halogens is 1. The van der Waals surface area contributed by atoms with Crippen molar-refractivity contribution >= 4 is 18.0 Å². The predicted molar refractivity (Wildman–Crippen MR) is 115 cm³/mol. The Labute approximate surface area is 182 Å². The molecule has 1 aliphatic carbocycles. The number of benzene rings is 1. The first-order valence-electron chi connectivity index (χ1n) is 10.8. The summed E-state index contributed by atoms with van der Waals surface area (Å²) in [6.07, 6.45) is 11.7. The molecule has 166 valence electrons. The minimum Gasteiger partial charge on any atom is -0.460 e. The summed E-state index contributed by atoms with van der Waals surface area (Å²) < 4.78 is 24.5. The molecule has 0 radical (unpaired) electrons. The summed E-state index contributed by atoms with van der Waals surface area (Å²) >= 11 is 0. The Morgan fingerprint density at radius 1 is 1.26 bits per heavy atom. The number of carbonyl (C=O) groups excluding carboxylic acids is 2. The molecule has 3 rings (SSSR count). The van der Waals surface area contributed by atoms with Gasteiger partial charge in [0.25, 0.3) is 0 Å². The van der Waals surface area contributed by atoms with E-state index in [4.69, 9.17) is 9.47 Å². The number of cyclic esters (lactones) is 1. The maximum Gasteiger partial charge on any atom is 0.331 e. The molecule has 5 atom stereocenters. The van der Waals surface area contributed by atoms with Gasteiger partial charge >= 0.3 is 11.9 Å². The van der Waals surface area contributed by atoms with Crippen molar-refractivity contribution in [1.82, 2.24) is 0 Å². The van der Waals surface area contributed by atoms with E-state index in [1.807, 2.05) is 6.92 Å². The minimum absolute atomic E-state index is 0.0298. The first kappa shape index (κ1) is 22.9. The van der Waals surface area contributed by atoms with Crippen LogP contribution in [0.5, 0.6) is 0 Å². The van der Waals surface area contributed by atoms with Crippen molar-refractivity contribution in [3.63, 3.8) is 0 Å². The second-order valence-corrected chi connectivity index (χ2v) is 8.17. The topological polar surface area (TPSA) is 72.8 Å². The van der Waals surface area contributed by atoms with Crippen LogP contribution in [-0.2, 0) is 19.1 Å². The van der Waals surface area contributed by atoms with Gasteiger partial charge in [-0.3, -0.25) is 0 Å². The molecule has 1 aromatic rings. The number of carbonyl (C=O) groups is 2. The van der Waals surface area contributed by atoms with E-state index in [-0.39, 0.29) is 24.0 Å². The molecule has 0 unspecified atom stereocenters. The van der Waals surface area contributed by atoms with Crippen LogP contribution in [0, 0.1) is 17.7 Å². The summed E-state index contributed by atoms with van der Waals surface area (Å²) in [7, 11) is 0. The Morgan fingerprint density at radius 3 is 2.87 bits per heavy atom. The van der Waals surface area contributed by atoms with Gasteiger partial charge < -0.3 is 14.6 Å². The third-order valence-corrected chi connectivity index (χ3v) is 5.76. The van der Waals surface area contributed by atoms with Crippen LogP contribution in [0.15, 0.2) is 54.6 Å². The first-order chi connectivity index (χ1) is 14.9. The lowest BCUT2D eigenvalue weighted by molar-refractivity contribution is -0.143. The van der Waals surface area contributed by atoms with Crippen molar-refractivity contribution in [3.05, 3.63) is 66.0 Å². The van der Waals surface area contributed by atoms with Crippen LogP contribution in [0.1, 0.15) is 44.6 Å². The van der Waals surface area contributed by atoms with E-state index in [0.717, 1.165) is 19.3 Å². The molecule has 6 heteroatoms. The third kappa shape index (κ3) is 6.89. The quantitative estimate of drug-likeness (QED) is 0.440. The molecule has 0 aromatic heterocycles. The van der Waals surface area contributed by atoms with Gasteiger partial charge in [-0.1, -0.05) is 30.4 Å². The SMILES string of the molecule is C[C@H]1CCC/C=C/[C@@H]2C[C@H](OC(=O)/C=C/c3ccccc3F)C[C@H]2[C@H](O)C=CC(=O)O1. The van der Waals surface area contributed by atoms with E-state index in [1.165, 1.54) is 30.4 Å². The Balaban J connectivity index is 1.64. The average Bonchev–Trinajstić information content (AvgIpc) is 3.13. The lowest BCUT2D eigenvalue weighted by atomic mass is 9.90. The lowest BCUT2D eigenvalue weighted by Crippen LogP contribution is -2.22. The summed E-state index contributed by atoms with van der Waals surface area (Å²) in [6, 6.07) is 6.18. The molecule has 1 fully saturated rings. The van der Waals surface area contributed by atoms with Gasteiger partial charge in [0.05, 0.1) is 12.2 Å². The standard InChI is InChI=1S/C25H29FO5/c1-17-7-3-2-4-9-19-15-20(16-21(19)23(27)12-14-24(28)30-17)31-25(29)13-11-18-8-5-6-10-22(18)26/h4-6,8-14,17,19-21,23,27H,2-3,7,15-16H2,1H3/b9-4+,13-11+,14-12?/t17-,19+,20-,21+,23+/m0/s1. The van der Waals surface area contributed by atoms with Crippen molar-refractivity contribution in [2.24, 2.45) is 11.8 Å². The van der Waals surface area contributed by atoms with Crippen LogP contribution in [0.3, 0.4) is 0 Å². The molecule has 0 bridgehead atoms. The predicted octanol–water partition coefficient (Wildman–Crippen LogP) is 4.37. The Hall–Kier alpha value is -2.73. The minimum atomic E-state index is -0.851. The second-order valence-electron chi connectivity index (χ2n) is 8.17. The van der Waals surface area contributed by atoms with Crippen molar-refractivity contribution in [1.29, 1.82) is 0 Å². The molecule has 5 nitrogen and oxygen atoms in total. The second kappa shape index (κ2) is 11.0. The number of fused-ring (bicyclic) bond motifs is 1. The largest absolute Gasteiger partial charge is 0.460 e. The molecular weight excluding hydrogens is 399 g/mol. The van der Waals surface area contributed by atoms with Gasteiger partial charge in [-0.05, 0) is 69.1 Å². The molecule has 0 amide bonds. The van der Waals surface area contributed by atoms with Gasteiger partial charge in [-0.25, -0.2) is 14.0 Å². The van der Waals surface area contributed by atoms with E-state index in [9.17, 15) is 19.1 Å². The fraction of sp³-hybridized carbons (Fsp3) is 0.440. The highest BCUT2D eigenvalue weighted by Crippen LogP contribution is 2.38. The fourth-order valence-corrected chi connectivity index (χ4v) is 4.15. The molecule has 0 spiro atoms. The van der Waals surface area contributed by atoms with Crippen LogP contribution < -0.4 is 0 Å². The molecule has 1 aliphatic heterocycles. The van der Waals surface area contributed by atoms with Gasteiger partial charge in [0.15, 0.2) is 0 Å². The molecule has 2 aliphatic rings. The smallest absolute Gasteiger partial charge is 0.331 e. The number of allylic oxidation sites excluding steroid dienone is 2. The molecule has 1 saturated carbocycles. The Morgan fingerprint density at radius 2 is 2.06 bits per heavy atom. The number of hydrogen-bond acceptors (Lipinski definition) is 5. The maximum absolute atomic E-state index is 13.7. The van der Waals surface area contributed by atoms with Crippen molar-refractivity contribution in [2.75, 3.05) is 0 Å². The van der Waals surface area contributed by atoms with E-state index in [2.05, 4.69) is 12.2 Å². The molecule has 1 heterocycles. The summed E-state index contributed by atoms with van der Waals surface area (Å²) in [4.78, 5) is 24.1. The van der Waals surface area contributed by atoms with E-state index < -0.39 is 23.9 Å². The number of aliphatic hydroxyl groups excluding tert-OH is 1. The third-order valence-electron chi connectivity index (χ3n) is 5.76. The molecule has 0 saturated heterocycles. The first-order valence-corrected chi connectivity index (χ1v) is 10.8. The highest BCUT2D eigenvalue weighted by atomic mass is 19.1. The molecule has 31 heavy (non-hydrogen) atoms. The molecule has 1 N–H and O–H groups in total. The average molecular weight is 429 g/mol. The highest BCUT2D eigenvalue weighted by molar-refractivity contribution is 5.87. The van der Waals surface area contributed by atoms with Crippen molar-refractivity contribution < 1.29 is 28.6 Å².